The van der Waals surface area contributed by atoms with Gasteiger partial charge in [0, 0.05) is 24.8 Å². The lowest BCUT2D eigenvalue weighted by Gasteiger charge is -2.15. The molecule has 1 aromatic carbocycles. The van der Waals surface area contributed by atoms with Crippen LogP contribution in [0.3, 0.4) is 0 Å². The van der Waals surface area contributed by atoms with E-state index in [1.165, 1.54) is 0 Å². The number of anilines is 1. The number of hydrogen-bond acceptors (Lipinski definition) is 3. The molecule has 0 aromatic heterocycles. The average molecular weight is 248 g/mol. The maximum atomic E-state index is 12.0. The van der Waals surface area contributed by atoms with Crippen molar-refractivity contribution in [2.45, 2.75) is 26.4 Å². The first-order valence-electron chi connectivity index (χ1n) is 6.34. The summed E-state index contributed by atoms with van der Waals surface area (Å²) in [6, 6.07) is 5.48. The summed E-state index contributed by atoms with van der Waals surface area (Å²) >= 11 is 0. The molecule has 3 N–H and O–H groups in total. The van der Waals surface area contributed by atoms with Gasteiger partial charge in [-0.15, -0.1) is 0 Å². The Hall–Kier alpha value is -1.55. The number of benzene rings is 1. The van der Waals surface area contributed by atoms with Crippen molar-refractivity contribution in [2.24, 2.45) is 5.92 Å². The Balaban J connectivity index is 1.95. The quantitative estimate of drug-likeness (QED) is 0.801. The molecule has 18 heavy (non-hydrogen) atoms. The van der Waals surface area contributed by atoms with Crippen LogP contribution in [0.2, 0.25) is 0 Å². The Bertz CT molecular complexity index is 445. The number of ether oxygens (including phenoxy) is 1. The van der Waals surface area contributed by atoms with E-state index < -0.39 is 0 Å². The molecule has 1 aliphatic rings. The van der Waals surface area contributed by atoms with Gasteiger partial charge in [0.25, 0.3) is 5.91 Å². The minimum atomic E-state index is -0.105. The van der Waals surface area contributed by atoms with Gasteiger partial charge in [0.05, 0.1) is 11.7 Å². The smallest absolute Gasteiger partial charge is 0.253 e. The van der Waals surface area contributed by atoms with Gasteiger partial charge in [-0.3, -0.25) is 4.79 Å². The van der Waals surface area contributed by atoms with Gasteiger partial charge in [0.2, 0.25) is 0 Å². The van der Waals surface area contributed by atoms with E-state index in [4.69, 9.17) is 10.5 Å². The minimum Gasteiger partial charge on any atom is -0.398 e. The van der Waals surface area contributed by atoms with Crippen LogP contribution in [-0.2, 0) is 4.74 Å². The van der Waals surface area contributed by atoms with Crippen molar-refractivity contribution in [1.29, 1.82) is 0 Å². The van der Waals surface area contributed by atoms with Crippen LogP contribution in [0.15, 0.2) is 18.2 Å². The fourth-order valence-corrected chi connectivity index (χ4v) is 2.25. The van der Waals surface area contributed by atoms with Crippen molar-refractivity contribution in [2.75, 3.05) is 18.9 Å². The van der Waals surface area contributed by atoms with E-state index in [2.05, 4.69) is 5.32 Å². The van der Waals surface area contributed by atoms with Crippen LogP contribution < -0.4 is 11.1 Å². The van der Waals surface area contributed by atoms with Crippen molar-refractivity contribution >= 4 is 11.6 Å². The zero-order valence-electron chi connectivity index (χ0n) is 10.9. The monoisotopic (exact) mass is 248 g/mol. The Labute approximate surface area is 108 Å². The van der Waals surface area contributed by atoms with Gasteiger partial charge in [-0.2, -0.15) is 0 Å². The van der Waals surface area contributed by atoms with Crippen LogP contribution in [0.5, 0.6) is 0 Å². The Morgan fingerprint density at radius 1 is 1.56 bits per heavy atom. The van der Waals surface area contributed by atoms with Gasteiger partial charge in [-0.1, -0.05) is 6.07 Å². The molecule has 1 aromatic rings. The average Bonchev–Trinajstić information content (AvgIpc) is 2.72. The third-order valence-corrected chi connectivity index (χ3v) is 3.51. The highest BCUT2D eigenvalue weighted by Gasteiger charge is 2.24. The number of amides is 1. The van der Waals surface area contributed by atoms with E-state index in [-0.39, 0.29) is 12.0 Å². The number of nitrogen functional groups attached to an aromatic ring is 1. The number of aryl methyl sites for hydroxylation is 1. The maximum absolute atomic E-state index is 12.0. The van der Waals surface area contributed by atoms with E-state index in [0.717, 1.165) is 18.6 Å². The summed E-state index contributed by atoms with van der Waals surface area (Å²) in [7, 11) is 0. The van der Waals surface area contributed by atoms with Crippen LogP contribution in [0.25, 0.3) is 0 Å². The summed E-state index contributed by atoms with van der Waals surface area (Å²) in [6.45, 7) is 5.43. The third-order valence-electron chi connectivity index (χ3n) is 3.51. The molecule has 0 bridgehead atoms. The molecule has 0 aliphatic carbocycles. The maximum Gasteiger partial charge on any atom is 0.253 e. The number of nitrogens with one attached hydrogen (secondary N) is 1. The van der Waals surface area contributed by atoms with Gasteiger partial charge in [0.15, 0.2) is 0 Å². The van der Waals surface area contributed by atoms with Crippen LogP contribution in [0.1, 0.15) is 29.3 Å². The lowest BCUT2D eigenvalue weighted by molar-refractivity contribution is 0.0908. The summed E-state index contributed by atoms with van der Waals surface area (Å²) in [4.78, 5) is 12.0. The molecule has 98 valence electrons. The summed E-state index contributed by atoms with van der Waals surface area (Å²) in [5, 5.41) is 2.93. The molecule has 2 unspecified atom stereocenters. The summed E-state index contributed by atoms with van der Waals surface area (Å²) in [5.41, 5.74) is 7.98. The predicted octanol–water partition coefficient (Wildman–Crippen LogP) is 1.73. The Morgan fingerprint density at radius 3 is 2.94 bits per heavy atom. The van der Waals surface area contributed by atoms with Crippen LogP contribution in [-0.4, -0.2) is 25.2 Å². The standard InChI is InChI=1S/C14H20N2O2/c1-9-3-4-12(13(15)7-9)14(17)16-8-11-5-6-18-10(11)2/h3-4,7,10-11H,5-6,8,15H2,1-2H3,(H,16,17). The highest BCUT2D eigenvalue weighted by molar-refractivity contribution is 5.99. The summed E-state index contributed by atoms with van der Waals surface area (Å²) < 4.78 is 5.47. The second-order valence-corrected chi connectivity index (χ2v) is 4.93. The highest BCUT2D eigenvalue weighted by atomic mass is 16.5. The van der Waals surface area contributed by atoms with Crippen molar-refractivity contribution in [3.05, 3.63) is 29.3 Å². The number of rotatable bonds is 3. The van der Waals surface area contributed by atoms with E-state index in [1.54, 1.807) is 6.07 Å². The van der Waals surface area contributed by atoms with E-state index in [0.29, 0.717) is 23.7 Å². The second kappa shape index (κ2) is 5.40. The lowest BCUT2D eigenvalue weighted by atomic mass is 10.0. The van der Waals surface area contributed by atoms with Crippen molar-refractivity contribution in [1.82, 2.24) is 5.32 Å². The first-order chi connectivity index (χ1) is 8.58. The zero-order valence-corrected chi connectivity index (χ0v) is 10.9. The Morgan fingerprint density at radius 2 is 2.33 bits per heavy atom. The summed E-state index contributed by atoms with van der Waals surface area (Å²) in [6.07, 6.45) is 1.23. The molecule has 2 rings (SSSR count). The molecule has 1 heterocycles. The molecule has 1 aliphatic heterocycles. The lowest BCUT2D eigenvalue weighted by Crippen LogP contribution is -2.32. The second-order valence-electron chi connectivity index (χ2n) is 4.93. The molecule has 1 amide bonds. The summed E-state index contributed by atoms with van der Waals surface area (Å²) in [5.74, 6) is 0.298. The normalized spacial score (nSPS) is 23.0. The van der Waals surface area contributed by atoms with Gasteiger partial charge in [-0.05, 0) is 38.0 Å². The van der Waals surface area contributed by atoms with Crippen LogP contribution in [0, 0.1) is 12.8 Å². The molecular formula is C14H20N2O2. The molecular weight excluding hydrogens is 228 g/mol. The fraction of sp³-hybridized carbons (Fsp3) is 0.500. The number of carbonyl (C=O) groups excluding carboxylic acids is 1. The van der Waals surface area contributed by atoms with Gasteiger partial charge in [-0.25, -0.2) is 0 Å². The van der Waals surface area contributed by atoms with Crippen molar-refractivity contribution < 1.29 is 9.53 Å². The highest BCUT2D eigenvalue weighted by Crippen LogP contribution is 2.20. The van der Waals surface area contributed by atoms with E-state index >= 15 is 0 Å². The minimum absolute atomic E-state index is 0.105. The fourth-order valence-electron chi connectivity index (χ4n) is 2.25. The Kier molecular flexibility index (Phi) is 3.87. The molecule has 4 nitrogen and oxygen atoms in total. The molecule has 0 radical (unpaired) electrons. The van der Waals surface area contributed by atoms with Crippen molar-refractivity contribution in [3.8, 4) is 0 Å². The molecule has 0 spiro atoms. The van der Waals surface area contributed by atoms with E-state index in [9.17, 15) is 4.79 Å². The van der Waals surface area contributed by atoms with E-state index in [1.807, 2.05) is 26.0 Å². The van der Waals surface area contributed by atoms with Gasteiger partial charge in [0.1, 0.15) is 0 Å². The first-order valence-corrected chi connectivity index (χ1v) is 6.34. The number of carbonyl (C=O) groups is 1. The van der Waals surface area contributed by atoms with Gasteiger partial charge < -0.3 is 15.8 Å². The van der Waals surface area contributed by atoms with Gasteiger partial charge >= 0.3 is 0 Å². The molecule has 0 saturated carbocycles. The molecule has 4 heteroatoms. The molecule has 2 atom stereocenters. The number of nitrogens with two attached hydrogens (primary N) is 1. The first kappa shape index (κ1) is 12.9. The molecule has 1 saturated heterocycles. The predicted molar refractivity (Wildman–Crippen MR) is 71.4 cm³/mol. The van der Waals surface area contributed by atoms with Crippen LogP contribution in [0.4, 0.5) is 5.69 Å². The zero-order chi connectivity index (χ0) is 13.1. The third kappa shape index (κ3) is 2.82. The SMILES string of the molecule is Cc1ccc(C(=O)NCC2CCOC2C)c(N)c1. The molecule has 1 fully saturated rings. The topological polar surface area (TPSA) is 64.3 Å². The van der Waals surface area contributed by atoms with Crippen LogP contribution >= 0.6 is 0 Å². The number of hydrogen-bond donors (Lipinski definition) is 2. The largest absolute Gasteiger partial charge is 0.398 e. The van der Waals surface area contributed by atoms with Crippen molar-refractivity contribution in [3.63, 3.8) is 0 Å².